The Kier molecular flexibility index (Phi) is 5.15. The minimum atomic E-state index is 0.625. The van der Waals surface area contributed by atoms with Crippen LogP contribution in [-0.4, -0.2) is 51.3 Å². The van der Waals surface area contributed by atoms with Gasteiger partial charge < -0.3 is 10.1 Å². The molecule has 0 fully saturated rings. The van der Waals surface area contributed by atoms with Gasteiger partial charge >= 0.3 is 0 Å². The molecule has 0 aromatic carbocycles. The van der Waals surface area contributed by atoms with Crippen molar-refractivity contribution in [2.45, 2.75) is 19.4 Å². The maximum Gasteiger partial charge on any atom is 0.0673 e. The number of hydrogen-bond donors (Lipinski definition) is 1. The first kappa shape index (κ1) is 11.7. The summed E-state index contributed by atoms with van der Waals surface area (Å²) in [5, 5.41) is 3.21. The van der Waals surface area contributed by atoms with E-state index in [0.29, 0.717) is 6.04 Å². The number of hydrogen-bond acceptors (Lipinski definition) is 3. The first-order valence-corrected chi connectivity index (χ1v) is 5.33. The lowest BCUT2D eigenvalue weighted by Crippen LogP contribution is -2.42. The molecule has 0 aromatic rings. The molecule has 1 atom stereocenters. The van der Waals surface area contributed by atoms with Crippen LogP contribution in [-0.2, 0) is 4.74 Å². The lowest BCUT2D eigenvalue weighted by atomic mass is 10.1. The Balaban J connectivity index is 2.34. The fraction of sp³-hybridized carbons (Fsp3) is 0.818. The topological polar surface area (TPSA) is 24.5 Å². The minimum absolute atomic E-state index is 0.625. The van der Waals surface area contributed by atoms with Crippen LogP contribution in [0.4, 0.5) is 0 Å². The second-order valence-corrected chi connectivity index (χ2v) is 3.95. The molecule has 1 unspecified atom stereocenters. The molecule has 1 aliphatic heterocycles. The van der Waals surface area contributed by atoms with Gasteiger partial charge in [0.05, 0.1) is 6.61 Å². The average Bonchev–Trinajstić information content (AvgIpc) is 2.20. The van der Waals surface area contributed by atoms with Crippen molar-refractivity contribution in [3.8, 4) is 0 Å². The quantitative estimate of drug-likeness (QED) is 0.664. The monoisotopic (exact) mass is 198 g/mol. The zero-order valence-electron chi connectivity index (χ0n) is 9.55. The van der Waals surface area contributed by atoms with Crippen LogP contribution in [0, 0.1) is 0 Å². The van der Waals surface area contributed by atoms with E-state index in [9.17, 15) is 0 Å². The second kappa shape index (κ2) is 6.17. The Morgan fingerprint density at radius 1 is 1.64 bits per heavy atom. The largest absolute Gasteiger partial charge is 0.380 e. The molecule has 0 amide bonds. The summed E-state index contributed by atoms with van der Waals surface area (Å²) < 4.78 is 5.13. The smallest absolute Gasteiger partial charge is 0.0673 e. The highest BCUT2D eigenvalue weighted by molar-refractivity contribution is 5.08. The van der Waals surface area contributed by atoms with Crippen molar-refractivity contribution in [3.63, 3.8) is 0 Å². The van der Waals surface area contributed by atoms with Crippen LogP contribution >= 0.6 is 0 Å². The first-order chi connectivity index (χ1) is 6.77. The third-order valence-corrected chi connectivity index (χ3v) is 2.79. The van der Waals surface area contributed by atoms with Crippen molar-refractivity contribution in [1.82, 2.24) is 10.2 Å². The van der Waals surface area contributed by atoms with E-state index in [0.717, 1.165) is 32.7 Å². The maximum absolute atomic E-state index is 5.13. The summed E-state index contributed by atoms with van der Waals surface area (Å²) in [6.07, 6.45) is 3.46. The van der Waals surface area contributed by atoms with Gasteiger partial charge in [0.15, 0.2) is 0 Å². The van der Waals surface area contributed by atoms with Gasteiger partial charge in [0.25, 0.3) is 0 Å². The van der Waals surface area contributed by atoms with Gasteiger partial charge in [-0.05, 0) is 26.0 Å². The Morgan fingerprint density at radius 2 is 2.43 bits per heavy atom. The van der Waals surface area contributed by atoms with E-state index < -0.39 is 0 Å². The van der Waals surface area contributed by atoms with Gasteiger partial charge in [-0.2, -0.15) is 0 Å². The molecule has 3 nitrogen and oxygen atoms in total. The molecule has 1 aliphatic rings. The number of nitrogens with one attached hydrogen (secondary N) is 1. The molecule has 1 N–H and O–H groups in total. The van der Waals surface area contributed by atoms with E-state index in [-0.39, 0.29) is 0 Å². The molecule has 0 aromatic heterocycles. The molecule has 3 heteroatoms. The number of rotatable bonds is 5. The number of likely N-dealkylation sites (N-methyl/N-ethyl adjacent to an activating group) is 1. The fourth-order valence-corrected chi connectivity index (χ4v) is 1.87. The van der Waals surface area contributed by atoms with E-state index in [1.807, 2.05) is 7.05 Å². The normalized spacial score (nSPS) is 20.6. The number of ether oxygens (including phenoxy) is 1. The van der Waals surface area contributed by atoms with Crippen LogP contribution in [0.5, 0.6) is 0 Å². The third kappa shape index (κ3) is 3.40. The fourth-order valence-electron chi connectivity index (χ4n) is 1.87. The van der Waals surface area contributed by atoms with Gasteiger partial charge in [-0.3, -0.25) is 4.90 Å². The number of nitrogens with zero attached hydrogens (tertiary/aromatic N) is 1. The van der Waals surface area contributed by atoms with Crippen molar-refractivity contribution in [3.05, 3.63) is 11.6 Å². The molecule has 0 saturated carbocycles. The molecule has 1 rings (SSSR count). The van der Waals surface area contributed by atoms with E-state index in [2.05, 4.69) is 23.2 Å². The van der Waals surface area contributed by atoms with Gasteiger partial charge in [-0.1, -0.05) is 6.08 Å². The predicted molar refractivity (Wildman–Crippen MR) is 59.5 cm³/mol. The Hall–Kier alpha value is -0.380. The lowest BCUT2D eigenvalue weighted by Gasteiger charge is -2.31. The zero-order valence-corrected chi connectivity index (χ0v) is 9.55. The van der Waals surface area contributed by atoms with Crippen LogP contribution < -0.4 is 5.32 Å². The number of methoxy groups -OCH3 is 1. The molecule has 1 heterocycles. The van der Waals surface area contributed by atoms with Gasteiger partial charge in [0.1, 0.15) is 0 Å². The Labute approximate surface area is 87.1 Å². The summed E-state index contributed by atoms with van der Waals surface area (Å²) in [5.74, 6) is 0. The lowest BCUT2D eigenvalue weighted by molar-refractivity contribution is 0.194. The van der Waals surface area contributed by atoms with Crippen molar-refractivity contribution in [2.24, 2.45) is 0 Å². The van der Waals surface area contributed by atoms with Crippen molar-refractivity contribution >= 4 is 0 Å². The highest BCUT2D eigenvalue weighted by Crippen LogP contribution is 2.12. The van der Waals surface area contributed by atoms with Crippen molar-refractivity contribution in [1.29, 1.82) is 0 Å². The van der Waals surface area contributed by atoms with E-state index >= 15 is 0 Å². The molecule has 0 saturated heterocycles. The van der Waals surface area contributed by atoms with Gasteiger partial charge in [0.2, 0.25) is 0 Å². The Bertz CT molecular complexity index is 192. The molecule has 0 aliphatic carbocycles. The summed E-state index contributed by atoms with van der Waals surface area (Å²) in [7, 11) is 3.77. The molecule has 0 bridgehead atoms. The van der Waals surface area contributed by atoms with Gasteiger partial charge in [-0.25, -0.2) is 0 Å². The van der Waals surface area contributed by atoms with Gasteiger partial charge in [0, 0.05) is 32.8 Å². The summed E-state index contributed by atoms with van der Waals surface area (Å²) in [4.78, 5) is 2.50. The van der Waals surface area contributed by atoms with Crippen molar-refractivity contribution in [2.75, 3.05) is 40.4 Å². The summed E-state index contributed by atoms with van der Waals surface area (Å²) in [5.41, 5.74) is 1.44. The SMILES string of the molecule is CNCC(C)N1CC=C(COC)CC1. The van der Waals surface area contributed by atoms with Crippen LogP contribution in [0.25, 0.3) is 0 Å². The van der Waals surface area contributed by atoms with Crippen LogP contribution in [0.3, 0.4) is 0 Å². The molecular weight excluding hydrogens is 176 g/mol. The van der Waals surface area contributed by atoms with E-state index in [1.165, 1.54) is 5.57 Å². The summed E-state index contributed by atoms with van der Waals surface area (Å²) in [6.45, 7) is 6.37. The maximum atomic E-state index is 5.13. The van der Waals surface area contributed by atoms with E-state index in [4.69, 9.17) is 4.74 Å². The first-order valence-electron chi connectivity index (χ1n) is 5.33. The third-order valence-electron chi connectivity index (χ3n) is 2.79. The van der Waals surface area contributed by atoms with E-state index in [1.54, 1.807) is 7.11 Å². The Morgan fingerprint density at radius 3 is 2.93 bits per heavy atom. The summed E-state index contributed by atoms with van der Waals surface area (Å²) in [6, 6.07) is 0.625. The van der Waals surface area contributed by atoms with Crippen molar-refractivity contribution < 1.29 is 4.74 Å². The highest BCUT2D eigenvalue weighted by Gasteiger charge is 2.16. The molecule has 0 radical (unpaired) electrons. The minimum Gasteiger partial charge on any atom is -0.380 e. The highest BCUT2D eigenvalue weighted by atomic mass is 16.5. The second-order valence-electron chi connectivity index (χ2n) is 3.95. The van der Waals surface area contributed by atoms with Crippen LogP contribution in [0.15, 0.2) is 11.6 Å². The molecule has 14 heavy (non-hydrogen) atoms. The molecule has 0 spiro atoms. The van der Waals surface area contributed by atoms with Crippen LogP contribution in [0.1, 0.15) is 13.3 Å². The predicted octanol–water partition coefficient (Wildman–Crippen LogP) is 0.873. The zero-order chi connectivity index (χ0) is 10.4. The standard InChI is InChI=1S/C11H22N2O/c1-10(8-12-2)13-6-4-11(5-7-13)9-14-3/h4,10,12H,5-9H2,1-3H3. The molecular formula is C11H22N2O. The average molecular weight is 198 g/mol. The molecule has 82 valence electrons. The van der Waals surface area contributed by atoms with Gasteiger partial charge in [-0.15, -0.1) is 0 Å². The van der Waals surface area contributed by atoms with Crippen LogP contribution in [0.2, 0.25) is 0 Å². The summed E-state index contributed by atoms with van der Waals surface area (Å²) >= 11 is 0.